The summed E-state index contributed by atoms with van der Waals surface area (Å²) in [7, 11) is 0. The van der Waals surface area contributed by atoms with Crippen LogP contribution in [-0.2, 0) is 9.53 Å². The number of likely N-dealkylation sites (tertiary alicyclic amines) is 1. The van der Waals surface area contributed by atoms with E-state index in [4.69, 9.17) is 9.72 Å². The number of nitrogens with zero attached hydrogens (tertiary/aromatic N) is 4. The van der Waals surface area contributed by atoms with Gasteiger partial charge >= 0.3 is 5.97 Å². The van der Waals surface area contributed by atoms with Crippen molar-refractivity contribution < 1.29 is 14.3 Å². The molecule has 0 radical (unpaired) electrons. The Morgan fingerprint density at radius 1 is 1.29 bits per heavy atom. The van der Waals surface area contributed by atoms with E-state index in [0.717, 1.165) is 18.5 Å². The van der Waals surface area contributed by atoms with E-state index in [1.165, 1.54) is 4.88 Å². The summed E-state index contributed by atoms with van der Waals surface area (Å²) in [5, 5.41) is 7.08. The molecule has 1 unspecified atom stereocenters. The monoisotopic (exact) mass is 440 g/mol. The third-order valence-corrected chi connectivity index (χ3v) is 6.63. The number of carbonyl (C=O) groups is 2. The van der Waals surface area contributed by atoms with Crippen molar-refractivity contribution in [1.82, 2.24) is 19.7 Å². The van der Waals surface area contributed by atoms with E-state index in [1.54, 1.807) is 28.3 Å². The van der Waals surface area contributed by atoms with E-state index < -0.39 is 5.97 Å². The highest BCUT2D eigenvalue weighted by Gasteiger charge is 2.31. The van der Waals surface area contributed by atoms with Crippen molar-refractivity contribution in [2.75, 3.05) is 13.2 Å². The van der Waals surface area contributed by atoms with E-state index in [0.29, 0.717) is 23.1 Å². The van der Waals surface area contributed by atoms with E-state index in [2.05, 4.69) is 11.2 Å². The molecule has 1 saturated heterocycles. The van der Waals surface area contributed by atoms with Crippen LogP contribution in [0.1, 0.15) is 79.5 Å². The Labute approximate surface area is 186 Å². The number of fused-ring (bicyclic) bond motifs is 1. The summed E-state index contributed by atoms with van der Waals surface area (Å²) in [6.45, 7) is 8.53. The number of amides is 1. The van der Waals surface area contributed by atoms with Crippen LogP contribution in [0, 0.1) is 0 Å². The Balaban J connectivity index is 1.54. The summed E-state index contributed by atoms with van der Waals surface area (Å²) in [4.78, 5) is 33.6. The van der Waals surface area contributed by atoms with Gasteiger partial charge < -0.3 is 9.64 Å². The summed E-state index contributed by atoms with van der Waals surface area (Å²) < 4.78 is 7.29. The largest absolute Gasteiger partial charge is 0.452 e. The van der Waals surface area contributed by atoms with Gasteiger partial charge in [0, 0.05) is 23.2 Å². The molecule has 0 N–H and O–H groups in total. The van der Waals surface area contributed by atoms with Crippen molar-refractivity contribution in [2.24, 2.45) is 0 Å². The van der Waals surface area contributed by atoms with Crippen molar-refractivity contribution in [3.05, 3.63) is 45.9 Å². The van der Waals surface area contributed by atoms with Crippen molar-refractivity contribution in [2.45, 2.75) is 58.5 Å². The molecule has 31 heavy (non-hydrogen) atoms. The number of aromatic nitrogens is 3. The predicted molar refractivity (Wildman–Crippen MR) is 120 cm³/mol. The molecule has 1 aliphatic heterocycles. The minimum absolute atomic E-state index is 0.0793. The van der Waals surface area contributed by atoms with Crippen LogP contribution in [0.4, 0.5) is 0 Å². The summed E-state index contributed by atoms with van der Waals surface area (Å²) in [5.74, 6) is -0.529. The maximum Gasteiger partial charge on any atom is 0.339 e. The fourth-order valence-electron chi connectivity index (χ4n) is 4.01. The lowest BCUT2D eigenvalue weighted by Gasteiger charge is -2.23. The third kappa shape index (κ3) is 4.21. The highest BCUT2D eigenvalue weighted by Crippen LogP contribution is 2.34. The zero-order valence-corrected chi connectivity index (χ0v) is 19.2. The van der Waals surface area contributed by atoms with Crippen LogP contribution >= 0.6 is 11.3 Å². The van der Waals surface area contributed by atoms with Gasteiger partial charge in [-0.1, -0.05) is 19.9 Å². The second-order valence-corrected chi connectivity index (χ2v) is 9.49. The van der Waals surface area contributed by atoms with Gasteiger partial charge in [-0.15, -0.1) is 11.3 Å². The van der Waals surface area contributed by atoms with Gasteiger partial charge in [0.2, 0.25) is 0 Å². The van der Waals surface area contributed by atoms with Crippen LogP contribution in [0.15, 0.2) is 29.8 Å². The normalized spacial score (nSPS) is 16.6. The number of ether oxygens (including phenoxy) is 1. The van der Waals surface area contributed by atoms with Crippen molar-refractivity contribution >= 4 is 34.2 Å². The molecule has 1 fully saturated rings. The van der Waals surface area contributed by atoms with Crippen molar-refractivity contribution in [3.8, 4) is 0 Å². The summed E-state index contributed by atoms with van der Waals surface area (Å²) in [6, 6.07) is 6.01. The molecule has 1 amide bonds. The SMILES string of the molecule is CC(C)c1cc(C(=O)OCC(=O)N2CCCC2c2cccs2)c2cnn(C(C)C)c2n1. The zero-order chi connectivity index (χ0) is 22.1. The summed E-state index contributed by atoms with van der Waals surface area (Å²) in [5.41, 5.74) is 1.87. The van der Waals surface area contributed by atoms with E-state index in [1.807, 2.05) is 44.0 Å². The van der Waals surface area contributed by atoms with Crippen LogP contribution < -0.4 is 0 Å². The smallest absolute Gasteiger partial charge is 0.339 e. The molecular weight excluding hydrogens is 412 g/mol. The predicted octanol–water partition coefficient (Wildman–Crippen LogP) is 4.72. The summed E-state index contributed by atoms with van der Waals surface area (Å²) in [6.07, 6.45) is 3.55. The molecule has 3 aromatic heterocycles. The molecule has 0 aliphatic carbocycles. The second kappa shape index (κ2) is 8.78. The highest BCUT2D eigenvalue weighted by molar-refractivity contribution is 7.10. The van der Waals surface area contributed by atoms with Gasteiger partial charge in [0.15, 0.2) is 12.3 Å². The van der Waals surface area contributed by atoms with Crippen LogP contribution in [-0.4, -0.2) is 44.7 Å². The first-order chi connectivity index (χ1) is 14.9. The quantitative estimate of drug-likeness (QED) is 0.519. The van der Waals surface area contributed by atoms with Gasteiger partial charge in [0.1, 0.15) is 0 Å². The Kier molecular flexibility index (Phi) is 6.09. The number of esters is 1. The molecule has 4 rings (SSSR count). The zero-order valence-electron chi connectivity index (χ0n) is 18.4. The number of carbonyl (C=O) groups excluding carboxylic acids is 2. The van der Waals surface area contributed by atoms with Gasteiger partial charge in [-0.25, -0.2) is 14.5 Å². The Hall–Kier alpha value is -2.74. The molecule has 1 aliphatic rings. The van der Waals surface area contributed by atoms with Gasteiger partial charge in [-0.2, -0.15) is 5.10 Å². The maximum atomic E-state index is 13.0. The lowest BCUT2D eigenvalue weighted by atomic mass is 10.1. The van der Waals surface area contributed by atoms with Gasteiger partial charge in [-0.05, 0) is 50.1 Å². The Morgan fingerprint density at radius 2 is 2.10 bits per heavy atom. The van der Waals surface area contributed by atoms with Crippen LogP contribution in [0.2, 0.25) is 0 Å². The molecule has 0 bridgehead atoms. The topological polar surface area (TPSA) is 77.3 Å². The average Bonchev–Trinajstić information content (AvgIpc) is 3.50. The third-order valence-electron chi connectivity index (χ3n) is 5.66. The van der Waals surface area contributed by atoms with Crippen molar-refractivity contribution in [3.63, 3.8) is 0 Å². The van der Waals surface area contributed by atoms with Crippen LogP contribution in [0.25, 0.3) is 11.0 Å². The minimum atomic E-state index is -0.516. The van der Waals surface area contributed by atoms with Gasteiger partial charge in [-0.3, -0.25) is 4.79 Å². The van der Waals surface area contributed by atoms with E-state index >= 15 is 0 Å². The molecule has 4 heterocycles. The molecule has 0 spiro atoms. The summed E-state index contributed by atoms with van der Waals surface area (Å²) >= 11 is 1.65. The molecule has 0 aromatic carbocycles. The van der Waals surface area contributed by atoms with Crippen LogP contribution in [0.5, 0.6) is 0 Å². The number of hydrogen-bond donors (Lipinski definition) is 0. The Bertz CT molecular complexity index is 1090. The molecule has 8 heteroatoms. The average molecular weight is 441 g/mol. The fraction of sp³-hybridized carbons (Fsp3) is 0.478. The van der Waals surface area contributed by atoms with Crippen molar-refractivity contribution in [1.29, 1.82) is 0 Å². The minimum Gasteiger partial charge on any atom is -0.452 e. The first kappa shape index (κ1) is 21.5. The molecule has 3 aromatic rings. The van der Waals surface area contributed by atoms with E-state index in [-0.39, 0.29) is 30.5 Å². The fourth-order valence-corrected chi connectivity index (χ4v) is 4.88. The first-order valence-electron chi connectivity index (χ1n) is 10.7. The first-order valence-corrected chi connectivity index (χ1v) is 11.6. The number of pyridine rings is 1. The standard InChI is InChI=1S/C23H28N4O3S/c1-14(2)18-11-16(17-12-24-27(15(3)4)22(17)25-18)23(29)30-13-21(28)26-9-5-7-19(26)20-8-6-10-31-20/h6,8,10-12,14-15,19H,5,7,9,13H2,1-4H3. The molecule has 7 nitrogen and oxygen atoms in total. The maximum absolute atomic E-state index is 13.0. The lowest BCUT2D eigenvalue weighted by Crippen LogP contribution is -2.34. The van der Waals surface area contributed by atoms with Gasteiger partial charge in [0.05, 0.1) is 23.2 Å². The molecule has 0 saturated carbocycles. The number of rotatable bonds is 6. The molecular formula is C23H28N4O3S. The second-order valence-electron chi connectivity index (χ2n) is 8.51. The molecule has 1 atom stereocenters. The van der Waals surface area contributed by atoms with E-state index in [9.17, 15) is 9.59 Å². The Morgan fingerprint density at radius 3 is 2.77 bits per heavy atom. The van der Waals surface area contributed by atoms with Gasteiger partial charge in [0.25, 0.3) is 5.91 Å². The number of hydrogen-bond acceptors (Lipinski definition) is 6. The number of thiophene rings is 1. The highest BCUT2D eigenvalue weighted by atomic mass is 32.1. The lowest BCUT2D eigenvalue weighted by molar-refractivity contribution is -0.135. The van der Waals surface area contributed by atoms with Crippen LogP contribution in [0.3, 0.4) is 0 Å². The molecule has 164 valence electrons.